The molecule has 4 heterocycles. The molecule has 6 rings (SSSR count). The van der Waals surface area contributed by atoms with E-state index in [-0.39, 0.29) is 0 Å². The quantitative estimate of drug-likeness (QED) is 0.222. The van der Waals surface area contributed by atoms with Crippen LogP contribution >= 0.6 is 0 Å². The number of piperidine rings is 1. The van der Waals surface area contributed by atoms with E-state index in [0.717, 1.165) is 69.7 Å². The summed E-state index contributed by atoms with van der Waals surface area (Å²) in [5.74, 6) is 1.58. The molecule has 2 fully saturated rings. The van der Waals surface area contributed by atoms with Gasteiger partial charge in [0.15, 0.2) is 5.82 Å². The summed E-state index contributed by atoms with van der Waals surface area (Å²) >= 11 is 0. The van der Waals surface area contributed by atoms with Crippen molar-refractivity contribution in [2.24, 2.45) is 0 Å². The van der Waals surface area contributed by atoms with Gasteiger partial charge in [-0.25, -0.2) is 13.4 Å². The summed E-state index contributed by atoms with van der Waals surface area (Å²) < 4.78 is 32.2. The molecule has 2 aliphatic rings. The Kier molecular flexibility index (Phi) is 8.28. The Hall–Kier alpha value is -4.07. The van der Waals surface area contributed by atoms with Crippen LogP contribution in [-0.4, -0.2) is 98.9 Å². The van der Waals surface area contributed by atoms with Crippen LogP contribution in [0.4, 0.5) is 34.5 Å². The molecule has 2 saturated heterocycles. The molecule has 228 valence electrons. The molecule has 13 heteroatoms. The molecule has 2 aromatic heterocycles. The molecule has 0 spiro atoms. The first-order valence-corrected chi connectivity index (χ1v) is 16.5. The Morgan fingerprint density at radius 3 is 2.37 bits per heavy atom. The van der Waals surface area contributed by atoms with Crippen molar-refractivity contribution in [2.45, 2.75) is 18.9 Å². The first-order valence-electron chi connectivity index (χ1n) is 14.6. The second kappa shape index (κ2) is 12.3. The second-order valence-corrected chi connectivity index (χ2v) is 13.0. The minimum absolute atomic E-state index is 0.377. The van der Waals surface area contributed by atoms with Crippen molar-refractivity contribution < 1.29 is 13.2 Å². The molecule has 4 N–H and O–H groups in total. The summed E-state index contributed by atoms with van der Waals surface area (Å²) in [4.78, 5) is 20.1. The number of benzene rings is 2. The number of anilines is 6. The molecule has 0 unspecified atom stereocenters. The largest absolute Gasteiger partial charge is 0.494 e. The number of hydrogen-bond donors (Lipinski definition) is 4. The maximum Gasteiger partial charge on any atom is 0.229 e. The molecule has 0 radical (unpaired) electrons. The highest BCUT2D eigenvalue weighted by atomic mass is 32.2. The third kappa shape index (κ3) is 6.79. The SMILES string of the molecule is COc1cc(N2CCC(N3CCN(C)CC3)CC2)ccc1Nc1nc(Nc2ccccc2NS(C)(=O)=O)c2[nH]ccc2n1. The molecule has 2 aliphatic heterocycles. The van der Waals surface area contributed by atoms with Crippen LogP contribution in [0, 0.1) is 0 Å². The smallest absolute Gasteiger partial charge is 0.229 e. The number of likely N-dealkylation sites (N-methyl/N-ethyl adjacent to an activating group) is 1. The van der Waals surface area contributed by atoms with Crippen molar-refractivity contribution in [1.82, 2.24) is 24.8 Å². The average molecular weight is 606 g/mol. The maximum atomic E-state index is 11.9. The maximum absolute atomic E-state index is 11.9. The Morgan fingerprint density at radius 1 is 0.907 bits per heavy atom. The third-order valence-electron chi connectivity index (χ3n) is 8.20. The van der Waals surface area contributed by atoms with Crippen molar-refractivity contribution >= 4 is 55.6 Å². The Bertz CT molecular complexity index is 1680. The molecular weight excluding hydrogens is 566 g/mol. The first kappa shape index (κ1) is 29.0. The van der Waals surface area contributed by atoms with Crippen LogP contribution in [0.2, 0.25) is 0 Å². The van der Waals surface area contributed by atoms with Crippen LogP contribution in [0.3, 0.4) is 0 Å². The topological polar surface area (TPSA) is 131 Å². The average Bonchev–Trinajstić information content (AvgIpc) is 3.47. The predicted octanol–water partition coefficient (Wildman–Crippen LogP) is 4.04. The fraction of sp³-hybridized carbons (Fsp3) is 0.400. The van der Waals surface area contributed by atoms with Crippen molar-refractivity contribution in [1.29, 1.82) is 0 Å². The van der Waals surface area contributed by atoms with Crippen LogP contribution in [0.25, 0.3) is 11.0 Å². The fourth-order valence-corrected chi connectivity index (χ4v) is 6.45. The summed E-state index contributed by atoms with van der Waals surface area (Å²) in [5.41, 5.74) is 4.26. The summed E-state index contributed by atoms with van der Waals surface area (Å²) in [6.07, 6.45) is 5.23. The Morgan fingerprint density at radius 2 is 1.65 bits per heavy atom. The third-order valence-corrected chi connectivity index (χ3v) is 8.79. The number of nitrogens with one attached hydrogen (secondary N) is 4. The molecule has 0 amide bonds. The lowest BCUT2D eigenvalue weighted by Crippen LogP contribution is -2.52. The van der Waals surface area contributed by atoms with Gasteiger partial charge in [-0.1, -0.05) is 12.1 Å². The van der Waals surface area contributed by atoms with E-state index in [1.54, 1.807) is 31.5 Å². The number of para-hydroxylation sites is 2. The first-order chi connectivity index (χ1) is 20.8. The lowest BCUT2D eigenvalue weighted by molar-refractivity contribution is 0.0982. The van der Waals surface area contributed by atoms with E-state index in [9.17, 15) is 8.42 Å². The minimum atomic E-state index is -3.47. The number of aromatic nitrogens is 3. The number of nitrogens with zero attached hydrogens (tertiary/aromatic N) is 5. The van der Waals surface area contributed by atoms with Crippen molar-refractivity contribution in [3.05, 3.63) is 54.7 Å². The molecule has 0 bridgehead atoms. The van der Waals surface area contributed by atoms with E-state index in [2.05, 4.69) is 59.2 Å². The van der Waals surface area contributed by atoms with Gasteiger partial charge < -0.3 is 30.2 Å². The number of piperazine rings is 1. The minimum Gasteiger partial charge on any atom is -0.494 e. The highest BCUT2D eigenvalue weighted by Crippen LogP contribution is 2.35. The van der Waals surface area contributed by atoms with Crippen LogP contribution in [0.5, 0.6) is 5.75 Å². The Balaban J connectivity index is 1.19. The Labute approximate surface area is 252 Å². The monoisotopic (exact) mass is 605 g/mol. The molecule has 43 heavy (non-hydrogen) atoms. The van der Waals surface area contributed by atoms with Gasteiger partial charge in [0, 0.05) is 63.3 Å². The molecule has 0 aliphatic carbocycles. The van der Waals surface area contributed by atoms with Crippen molar-refractivity contribution in [3.63, 3.8) is 0 Å². The summed E-state index contributed by atoms with van der Waals surface area (Å²) in [6, 6.07) is 15.8. The lowest BCUT2D eigenvalue weighted by atomic mass is 10.0. The van der Waals surface area contributed by atoms with E-state index in [1.165, 1.54) is 0 Å². The standard InChI is InChI=1S/C30H39N9O3S/c1-37-16-18-39(19-17-37)21-11-14-38(15-12-21)22-8-9-25(27(20-22)42-2)33-30-34-26-10-13-31-28(26)29(35-30)32-23-6-4-5-7-24(23)36-43(3,40)41/h4-10,13,20-21,31,36H,11-12,14-19H2,1-3H3,(H2,32,33,34,35). The summed E-state index contributed by atoms with van der Waals surface area (Å²) in [6.45, 7) is 6.66. The van der Waals surface area contributed by atoms with Gasteiger partial charge in [0.25, 0.3) is 0 Å². The number of aromatic amines is 1. The second-order valence-electron chi connectivity index (χ2n) is 11.2. The van der Waals surface area contributed by atoms with Gasteiger partial charge in [-0.2, -0.15) is 4.98 Å². The van der Waals surface area contributed by atoms with Gasteiger partial charge in [0.1, 0.15) is 11.3 Å². The molecule has 2 aromatic carbocycles. The van der Waals surface area contributed by atoms with E-state index >= 15 is 0 Å². The van der Waals surface area contributed by atoms with E-state index in [4.69, 9.17) is 9.72 Å². The van der Waals surface area contributed by atoms with Gasteiger partial charge in [-0.05, 0) is 50.2 Å². The number of rotatable bonds is 9. The van der Waals surface area contributed by atoms with Crippen molar-refractivity contribution in [3.8, 4) is 5.75 Å². The lowest BCUT2D eigenvalue weighted by Gasteiger charge is -2.42. The van der Waals surface area contributed by atoms with E-state index in [1.807, 2.05) is 18.2 Å². The number of sulfonamides is 1. The zero-order valence-corrected chi connectivity index (χ0v) is 25.6. The van der Waals surface area contributed by atoms with E-state index in [0.29, 0.717) is 46.0 Å². The summed E-state index contributed by atoms with van der Waals surface area (Å²) in [7, 11) is 0.402. The molecular formula is C30H39N9O3S. The number of methoxy groups -OCH3 is 1. The number of hydrogen-bond acceptors (Lipinski definition) is 10. The highest BCUT2D eigenvalue weighted by molar-refractivity contribution is 7.92. The normalized spacial score (nSPS) is 17.2. The molecule has 0 atom stereocenters. The van der Waals surface area contributed by atoms with Crippen LogP contribution < -0.4 is 25.0 Å². The molecule has 12 nitrogen and oxygen atoms in total. The fourth-order valence-electron chi connectivity index (χ4n) is 5.88. The molecule has 0 saturated carbocycles. The number of ether oxygens (including phenoxy) is 1. The van der Waals surface area contributed by atoms with Crippen LogP contribution in [-0.2, 0) is 10.0 Å². The van der Waals surface area contributed by atoms with Crippen LogP contribution in [0.1, 0.15) is 12.8 Å². The van der Waals surface area contributed by atoms with Gasteiger partial charge in [0.2, 0.25) is 16.0 Å². The van der Waals surface area contributed by atoms with Gasteiger partial charge in [-0.3, -0.25) is 9.62 Å². The zero-order chi connectivity index (χ0) is 30.0. The van der Waals surface area contributed by atoms with Gasteiger partial charge >= 0.3 is 0 Å². The predicted molar refractivity (Wildman–Crippen MR) is 173 cm³/mol. The van der Waals surface area contributed by atoms with Crippen molar-refractivity contribution in [2.75, 3.05) is 79.9 Å². The highest BCUT2D eigenvalue weighted by Gasteiger charge is 2.27. The molecule has 4 aromatic rings. The summed E-state index contributed by atoms with van der Waals surface area (Å²) in [5, 5.41) is 6.59. The zero-order valence-electron chi connectivity index (χ0n) is 24.8. The van der Waals surface area contributed by atoms with Gasteiger partial charge in [0.05, 0.1) is 35.9 Å². The number of fused-ring (bicyclic) bond motifs is 1. The van der Waals surface area contributed by atoms with Crippen LogP contribution in [0.15, 0.2) is 54.7 Å². The van der Waals surface area contributed by atoms with E-state index < -0.39 is 10.0 Å². The number of H-pyrrole nitrogens is 1. The van der Waals surface area contributed by atoms with Gasteiger partial charge in [-0.15, -0.1) is 0 Å².